The van der Waals surface area contributed by atoms with E-state index in [0.29, 0.717) is 17.1 Å². The van der Waals surface area contributed by atoms with Crippen LogP contribution in [-0.2, 0) is 0 Å². The Kier molecular flexibility index (Phi) is 5.85. The first-order chi connectivity index (χ1) is 11.5. The third-order valence-corrected chi connectivity index (χ3v) is 4.16. The number of carbonyl (C=O) groups excluding carboxylic acids is 1. The number of amides is 1. The van der Waals surface area contributed by atoms with E-state index in [4.69, 9.17) is 9.47 Å². The van der Waals surface area contributed by atoms with Gasteiger partial charge in [-0.15, -0.1) is 0 Å². The van der Waals surface area contributed by atoms with Gasteiger partial charge in [0.1, 0.15) is 0 Å². The van der Waals surface area contributed by atoms with E-state index in [-0.39, 0.29) is 11.9 Å². The van der Waals surface area contributed by atoms with E-state index in [1.54, 1.807) is 32.4 Å². The largest absolute Gasteiger partial charge is 0.493 e. The summed E-state index contributed by atoms with van der Waals surface area (Å²) in [7, 11) is 3.13. The number of benzene rings is 2. The van der Waals surface area contributed by atoms with E-state index >= 15 is 0 Å². The molecular formula is C20H25NO3. The number of hydrogen-bond donors (Lipinski definition) is 1. The molecule has 1 N–H and O–H groups in total. The minimum atomic E-state index is -0.122. The molecule has 0 bridgehead atoms. The van der Waals surface area contributed by atoms with Crippen LogP contribution in [-0.4, -0.2) is 20.1 Å². The third kappa shape index (κ3) is 3.88. The number of nitrogens with one attached hydrogen (secondary N) is 1. The summed E-state index contributed by atoms with van der Waals surface area (Å²) in [4.78, 5) is 12.6. The first kappa shape index (κ1) is 17.9. The molecule has 24 heavy (non-hydrogen) atoms. The molecule has 0 aliphatic carbocycles. The maximum atomic E-state index is 12.6. The quantitative estimate of drug-likeness (QED) is 0.865. The highest BCUT2D eigenvalue weighted by Gasteiger charge is 2.17. The summed E-state index contributed by atoms with van der Waals surface area (Å²) in [5.74, 6) is 1.03. The number of rotatable bonds is 6. The lowest BCUT2D eigenvalue weighted by molar-refractivity contribution is 0.0935. The Bertz CT molecular complexity index is 725. The van der Waals surface area contributed by atoms with Crippen LogP contribution in [0.3, 0.4) is 0 Å². The molecule has 128 valence electrons. The standard InChI is InChI=1S/C20H25NO3/c1-6-17(16-9-7-13(2)11-14(16)3)21-20(22)15-8-10-18(23-4)19(12-15)24-5/h7-12,17H,6H2,1-5H3,(H,21,22)/t17-/m1/s1. The van der Waals surface area contributed by atoms with Crippen LogP contribution < -0.4 is 14.8 Å². The molecule has 0 fully saturated rings. The van der Waals surface area contributed by atoms with Crippen molar-refractivity contribution in [3.63, 3.8) is 0 Å². The maximum Gasteiger partial charge on any atom is 0.251 e. The molecule has 0 aliphatic heterocycles. The van der Waals surface area contributed by atoms with Crippen LogP contribution in [0.15, 0.2) is 36.4 Å². The van der Waals surface area contributed by atoms with Crippen molar-refractivity contribution < 1.29 is 14.3 Å². The van der Waals surface area contributed by atoms with Gasteiger partial charge in [0.05, 0.1) is 20.3 Å². The highest BCUT2D eigenvalue weighted by Crippen LogP contribution is 2.28. The zero-order chi connectivity index (χ0) is 17.7. The Morgan fingerprint density at radius 2 is 1.75 bits per heavy atom. The summed E-state index contributed by atoms with van der Waals surface area (Å²) < 4.78 is 10.5. The van der Waals surface area contributed by atoms with Crippen molar-refractivity contribution in [1.82, 2.24) is 5.32 Å². The summed E-state index contributed by atoms with van der Waals surface area (Å²) >= 11 is 0. The Balaban J connectivity index is 2.23. The van der Waals surface area contributed by atoms with Crippen molar-refractivity contribution in [3.8, 4) is 11.5 Å². The van der Waals surface area contributed by atoms with Gasteiger partial charge in [-0.05, 0) is 49.6 Å². The van der Waals surface area contributed by atoms with Crippen LogP contribution in [0.4, 0.5) is 0 Å². The molecule has 1 amide bonds. The summed E-state index contributed by atoms with van der Waals surface area (Å²) in [6.07, 6.45) is 0.822. The fraction of sp³-hybridized carbons (Fsp3) is 0.350. The predicted molar refractivity (Wildman–Crippen MR) is 96.0 cm³/mol. The van der Waals surface area contributed by atoms with Gasteiger partial charge < -0.3 is 14.8 Å². The van der Waals surface area contributed by atoms with Crippen molar-refractivity contribution in [2.75, 3.05) is 14.2 Å². The van der Waals surface area contributed by atoms with Crippen LogP contribution in [0.25, 0.3) is 0 Å². The lowest BCUT2D eigenvalue weighted by atomic mass is 9.97. The summed E-state index contributed by atoms with van der Waals surface area (Å²) in [6, 6.07) is 11.5. The molecule has 0 saturated carbocycles. The molecule has 0 saturated heterocycles. The van der Waals surface area contributed by atoms with E-state index in [1.807, 2.05) is 0 Å². The fourth-order valence-electron chi connectivity index (χ4n) is 2.84. The molecule has 0 radical (unpaired) electrons. The minimum Gasteiger partial charge on any atom is -0.493 e. The molecule has 1 atom stereocenters. The van der Waals surface area contributed by atoms with Gasteiger partial charge in [0.25, 0.3) is 5.91 Å². The number of aryl methyl sites for hydroxylation is 2. The first-order valence-corrected chi connectivity index (χ1v) is 8.10. The molecule has 0 aromatic heterocycles. The average Bonchev–Trinajstić information content (AvgIpc) is 2.59. The van der Waals surface area contributed by atoms with Gasteiger partial charge in [-0.25, -0.2) is 0 Å². The van der Waals surface area contributed by atoms with Crippen molar-refractivity contribution in [1.29, 1.82) is 0 Å². The molecule has 0 unspecified atom stereocenters. The van der Waals surface area contributed by atoms with Gasteiger partial charge in [0.2, 0.25) is 0 Å². The minimum absolute atomic E-state index is 0.0220. The van der Waals surface area contributed by atoms with Gasteiger partial charge >= 0.3 is 0 Å². The molecule has 0 spiro atoms. The topological polar surface area (TPSA) is 47.6 Å². The molecule has 4 nitrogen and oxygen atoms in total. The maximum absolute atomic E-state index is 12.6. The van der Waals surface area contributed by atoms with Crippen LogP contribution in [0.1, 0.15) is 46.4 Å². The Morgan fingerprint density at radius 1 is 1.04 bits per heavy atom. The average molecular weight is 327 g/mol. The van der Waals surface area contributed by atoms with Gasteiger partial charge in [0.15, 0.2) is 11.5 Å². The van der Waals surface area contributed by atoms with Crippen molar-refractivity contribution in [2.24, 2.45) is 0 Å². The molecule has 2 rings (SSSR count). The summed E-state index contributed by atoms with van der Waals surface area (Å²) in [5, 5.41) is 3.11. The van der Waals surface area contributed by atoms with E-state index < -0.39 is 0 Å². The monoisotopic (exact) mass is 327 g/mol. The Labute approximate surface area is 143 Å². The highest BCUT2D eigenvalue weighted by atomic mass is 16.5. The lowest BCUT2D eigenvalue weighted by Crippen LogP contribution is -2.28. The molecule has 0 heterocycles. The van der Waals surface area contributed by atoms with Crippen LogP contribution in [0.5, 0.6) is 11.5 Å². The molecular weight excluding hydrogens is 302 g/mol. The molecule has 0 aliphatic rings. The second-order valence-electron chi connectivity index (χ2n) is 5.86. The third-order valence-electron chi connectivity index (χ3n) is 4.16. The molecule has 4 heteroatoms. The number of ether oxygens (including phenoxy) is 2. The number of methoxy groups -OCH3 is 2. The SMILES string of the molecule is CC[C@@H](NC(=O)c1ccc(OC)c(OC)c1)c1ccc(C)cc1C. The number of carbonyl (C=O) groups is 1. The zero-order valence-electron chi connectivity index (χ0n) is 15.0. The van der Waals surface area contributed by atoms with Crippen LogP contribution in [0, 0.1) is 13.8 Å². The van der Waals surface area contributed by atoms with Gasteiger partial charge in [-0.3, -0.25) is 4.79 Å². The second-order valence-corrected chi connectivity index (χ2v) is 5.86. The summed E-state index contributed by atoms with van der Waals surface area (Å²) in [6.45, 7) is 6.21. The van der Waals surface area contributed by atoms with E-state index in [0.717, 1.165) is 12.0 Å². The van der Waals surface area contributed by atoms with Gasteiger partial charge in [-0.1, -0.05) is 30.7 Å². The molecule has 2 aromatic rings. The van der Waals surface area contributed by atoms with Crippen LogP contribution >= 0.6 is 0 Å². The zero-order valence-corrected chi connectivity index (χ0v) is 15.0. The summed E-state index contributed by atoms with van der Waals surface area (Å²) in [5.41, 5.74) is 4.11. The van der Waals surface area contributed by atoms with E-state index in [9.17, 15) is 4.79 Å². The van der Waals surface area contributed by atoms with E-state index in [1.165, 1.54) is 11.1 Å². The smallest absolute Gasteiger partial charge is 0.251 e. The highest BCUT2D eigenvalue weighted by molar-refractivity contribution is 5.95. The Morgan fingerprint density at radius 3 is 2.33 bits per heavy atom. The predicted octanol–water partition coefficient (Wildman–Crippen LogP) is 4.20. The van der Waals surface area contributed by atoms with Crippen molar-refractivity contribution in [2.45, 2.75) is 33.2 Å². The molecule has 2 aromatic carbocycles. The van der Waals surface area contributed by atoms with Crippen molar-refractivity contribution in [3.05, 3.63) is 58.7 Å². The van der Waals surface area contributed by atoms with Crippen molar-refractivity contribution >= 4 is 5.91 Å². The lowest BCUT2D eigenvalue weighted by Gasteiger charge is -2.20. The van der Waals surface area contributed by atoms with E-state index in [2.05, 4.69) is 44.3 Å². The normalized spacial score (nSPS) is 11.7. The van der Waals surface area contributed by atoms with Gasteiger partial charge in [0, 0.05) is 5.56 Å². The van der Waals surface area contributed by atoms with Gasteiger partial charge in [-0.2, -0.15) is 0 Å². The first-order valence-electron chi connectivity index (χ1n) is 8.10. The second kappa shape index (κ2) is 7.86. The Hall–Kier alpha value is -2.49. The number of hydrogen-bond acceptors (Lipinski definition) is 3. The fourth-order valence-corrected chi connectivity index (χ4v) is 2.84. The van der Waals surface area contributed by atoms with Crippen LogP contribution in [0.2, 0.25) is 0 Å².